The van der Waals surface area contributed by atoms with Crippen LogP contribution in [0.3, 0.4) is 0 Å². The summed E-state index contributed by atoms with van der Waals surface area (Å²) >= 11 is 6.07. The van der Waals surface area contributed by atoms with E-state index in [0.29, 0.717) is 21.8 Å². The van der Waals surface area contributed by atoms with Crippen molar-refractivity contribution >= 4 is 29.1 Å². The van der Waals surface area contributed by atoms with Crippen LogP contribution in [-0.4, -0.2) is 28.0 Å². The molecule has 3 rings (SSSR count). The molecule has 3 aromatic rings. The van der Waals surface area contributed by atoms with Gasteiger partial charge >= 0.3 is 5.76 Å². The van der Waals surface area contributed by atoms with E-state index in [2.05, 4.69) is 25.3 Å². The minimum absolute atomic E-state index is 0.170. The van der Waals surface area contributed by atoms with Crippen LogP contribution >= 0.6 is 11.6 Å². The maximum Gasteiger partial charge on any atom is 0.439 e. The van der Waals surface area contributed by atoms with Crippen LogP contribution in [0.25, 0.3) is 11.4 Å². The number of nitrogens with zero attached hydrogens (tertiary/aromatic N) is 1. The van der Waals surface area contributed by atoms with Crippen LogP contribution < -0.4 is 16.4 Å². The molecule has 1 atom stereocenters. The summed E-state index contributed by atoms with van der Waals surface area (Å²) in [5.41, 5.74) is 1.34. The van der Waals surface area contributed by atoms with Gasteiger partial charge < -0.3 is 10.6 Å². The Balaban J connectivity index is 1.76. The normalized spacial score (nSPS) is 11.9. The number of H-pyrrole nitrogens is 1. The molecule has 0 radical (unpaired) electrons. The van der Waals surface area contributed by atoms with Crippen molar-refractivity contribution in [2.45, 2.75) is 19.9 Å². The molecule has 0 saturated heterocycles. The summed E-state index contributed by atoms with van der Waals surface area (Å²) in [6.07, 6.45) is 0. The first-order valence-electron chi connectivity index (χ1n) is 8.88. The zero-order chi connectivity index (χ0) is 21.0. The van der Waals surface area contributed by atoms with E-state index in [0.717, 1.165) is 0 Å². The number of hydrogen-bond acceptors (Lipinski definition) is 5. The number of benzene rings is 2. The molecule has 0 aliphatic rings. The van der Waals surface area contributed by atoms with Gasteiger partial charge in [0.05, 0.1) is 10.6 Å². The number of nitrogens with one attached hydrogen (secondary N) is 3. The lowest BCUT2D eigenvalue weighted by Gasteiger charge is -2.22. The van der Waals surface area contributed by atoms with Crippen molar-refractivity contribution in [3.8, 4) is 11.4 Å². The first-order valence-corrected chi connectivity index (χ1v) is 9.25. The molecule has 0 aliphatic carbocycles. The minimum Gasteiger partial charge on any atom is -0.340 e. The Morgan fingerprint density at radius 3 is 2.55 bits per heavy atom. The van der Waals surface area contributed by atoms with E-state index in [1.807, 2.05) is 13.8 Å². The van der Waals surface area contributed by atoms with E-state index in [1.54, 1.807) is 48.5 Å². The van der Waals surface area contributed by atoms with Crippen LogP contribution in [0.15, 0.2) is 57.8 Å². The van der Waals surface area contributed by atoms with Gasteiger partial charge in [0.2, 0.25) is 5.91 Å². The maximum atomic E-state index is 12.8. The number of carbonyl (C=O) groups is 2. The van der Waals surface area contributed by atoms with Gasteiger partial charge in [-0.1, -0.05) is 54.9 Å². The molecule has 0 aliphatic heterocycles. The van der Waals surface area contributed by atoms with Crippen molar-refractivity contribution in [2.75, 3.05) is 5.32 Å². The molecule has 1 aromatic heterocycles. The van der Waals surface area contributed by atoms with Gasteiger partial charge in [-0.15, -0.1) is 0 Å². The summed E-state index contributed by atoms with van der Waals surface area (Å²) in [6.45, 7) is 3.65. The van der Waals surface area contributed by atoms with Gasteiger partial charge in [0.1, 0.15) is 6.04 Å². The SMILES string of the molecule is CC(C)C(NC(=O)c1ccccc1Cl)C(=O)Nc1cccc(-c2noc(=O)[nH]2)c1. The summed E-state index contributed by atoms with van der Waals surface area (Å²) < 4.78 is 4.50. The molecule has 29 heavy (non-hydrogen) atoms. The Hall–Kier alpha value is -3.39. The molecular formula is C20H19ClN4O4. The van der Waals surface area contributed by atoms with Crippen LogP contribution in [0.1, 0.15) is 24.2 Å². The standard InChI is InChI=1S/C20H19ClN4O4/c1-11(2)16(23-18(26)14-8-3-4-9-15(14)21)19(27)22-13-7-5-6-12(10-13)17-24-20(28)29-25-17/h3-11,16H,1-2H3,(H,22,27)(H,23,26)(H,24,25,28). The predicted molar refractivity (Wildman–Crippen MR) is 109 cm³/mol. The fourth-order valence-electron chi connectivity index (χ4n) is 2.72. The number of aromatic nitrogens is 2. The number of aromatic amines is 1. The number of amides is 2. The van der Waals surface area contributed by atoms with E-state index in [1.165, 1.54) is 0 Å². The van der Waals surface area contributed by atoms with Gasteiger partial charge in [0.15, 0.2) is 5.82 Å². The number of anilines is 1. The zero-order valence-electron chi connectivity index (χ0n) is 15.7. The lowest BCUT2D eigenvalue weighted by Crippen LogP contribution is -2.47. The van der Waals surface area contributed by atoms with Crippen molar-refractivity contribution in [1.82, 2.24) is 15.5 Å². The average molecular weight is 415 g/mol. The van der Waals surface area contributed by atoms with Crippen LogP contribution in [0.2, 0.25) is 5.02 Å². The molecule has 0 saturated carbocycles. The third-order valence-electron chi connectivity index (χ3n) is 4.20. The monoisotopic (exact) mass is 414 g/mol. The number of rotatable bonds is 6. The van der Waals surface area contributed by atoms with Gasteiger partial charge in [-0.25, -0.2) is 4.79 Å². The smallest absolute Gasteiger partial charge is 0.340 e. The van der Waals surface area contributed by atoms with Gasteiger partial charge in [-0.05, 0) is 30.2 Å². The Labute approximate surface area is 171 Å². The van der Waals surface area contributed by atoms with Gasteiger partial charge in [0.25, 0.3) is 5.91 Å². The summed E-state index contributed by atoms with van der Waals surface area (Å²) in [5, 5.41) is 9.44. The lowest BCUT2D eigenvalue weighted by molar-refractivity contribution is -0.118. The minimum atomic E-state index is -0.783. The van der Waals surface area contributed by atoms with Crippen molar-refractivity contribution in [3.05, 3.63) is 69.7 Å². The zero-order valence-corrected chi connectivity index (χ0v) is 16.5. The van der Waals surface area contributed by atoms with Gasteiger partial charge in [-0.2, -0.15) is 0 Å². The lowest BCUT2D eigenvalue weighted by atomic mass is 10.0. The average Bonchev–Trinajstić information content (AvgIpc) is 3.12. The van der Waals surface area contributed by atoms with E-state index in [9.17, 15) is 14.4 Å². The molecule has 0 fully saturated rings. The predicted octanol–water partition coefficient (Wildman–Crippen LogP) is 3.08. The molecule has 0 spiro atoms. The first kappa shape index (κ1) is 20.3. The highest BCUT2D eigenvalue weighted by atomic mass is 35.5. The maximum absolute atomic E-state index is 12.8. The fraction of sp³-hybridized carbons (Fsp3) is 0.200. The molecule has 150 valence electrons. The molecule has 3 N–H and O–H groups in total. The molecule has 8 nitrogen and oxygen atoms in total. The van der Waals surface area contributed by atoms with Gasteiger partial charge in [-0.3, -0.25) is 19.1 Å². The van der Waals surface area contributed by atoms with Crippen LogP contribution in [-0.2, 0) is 4.79 Å². The second kappa shape index (κ2) is 8.74. The third-order valence-corrected chi connectivity index (χ3v) is 4.53. The Morgan fingerprint density at radius 2 is 1.90 bits per heavy atom. The highest BCUT2D eigenvalue weighted by Gasteiger charge is 2.25. The van der Waals surface area contributed by atoms with E-state index >= 15 is 0 Å². The number of hydrogen-bond donors (Lipinski definition) is 3. The molecule has 1 unspecified atom stereocenters. The molecule has 2 amide bonds. The molecule has 9 heteroatoms. The van der Waals surface area contributed by atoms with Crippen molar-refractivity contribution in [2.24, 2.45) is 5.92 Å². The van der Waals surface area contributed by atoms with Crippen molar-refractivity contribution < 1.29 is 14.1 Å². The van der Waals surface area contributed by atoms with Gasteiger partial charge in [0, 0.05) is 11.3 Å². The van der Waals surface area contributed by atoms with E-state index in [-0.39, 0.29) is 17.6 Å². The Morgan fingerprint density at radius 1 is 1.14 bits per heavy atom. The summed E-state index contributed by atoms with van der Waals surface area (Å²) in [6, 6.07) is 12.6. The summed E-state index contributed by atoms with van der Waals surface area (Å²) in [5.74, 6) is -1.41. The topological polar surface area (TPSA) is 117 Å². The quantitative estimate of drug-likeness (QED) is 0.573. The molecule has 0 bridgehead atoms. The van der Waals surface area contributed by atoms with Crippen LogP contribution in [0.4, 0.5) is 5.69 Å². The fourth-order valence-corrected chi connectivity index (χ4v) is 2.94. The molecule has 1 heterocycles. The number of carbonyl (C=O) groups excluding carboxylic acids is 2. The third kappa shape index (κ3) is 4.91. The Bertz CT molecular complexity index is 1090. The second-order valence-corrected chi connectivity index (χ2v) is 7.10. The highest BCUT2D eigenvalue weighted by Crippen LogP contribution is 2.20. The summed E-state index contributed by atoms with van der Waals surface area (Å²) in [7, 11) is 0. The number of halogens is 1. The summed E-state index contributed by atoms with van der Waals surface area (Å²) in [4.78, 5) is 38.9. The van der Waals surface area contributed by atoms with Crippen LogP contribution in [0, 0.1) is 5.92 Å². The first-order chi connectivity index (χ1) is 13.8. The van der Waals surface area contributed by atoms with Crippen molar-refractivity contribution in [3.63, 3.8) is 0 Å². The van der Waals surface area contributed by atoms with Crippen molar-refractivity contribution in [1.29, 1.82) is 0 Å². The van der Waals surface area contributed by atoms with E-state index in [4.69, 9.17) is 11.6 Å². The molecule has 2 aromatic carbocycles. The highest BCUT2D eigenvalue weighted by molar-refractivity contribution is 6.33. The van der Waals surface area contributed by atoms with E-state index < -0.39 is 17.7 Å². The second-order valence-electron chi connectivity index (χ2n) is 6.69. The largest absolute Gasteiger partial charge is 0.439 e. The van der Waals surface area contributed by atoms with Crippen LogP contribution in [0.5, 0.6) is 0 Å². The molecular weight excluding hydrogens is 396 g/mol. The Kier molecular flexibility index (Phi) is 6.13.